The molecule has 0 atom stereocenters. The number of carbonyl (C=O) groups excluding carboxylic acids is 1. The molecule has 2 aromatic heterocycles. The Morgan fingerprint density at radius 1 is 1.19 bits per heavy atom. The van der Waals surface area contributed by atoms with E-state index in [-0.39, 0.29) is 16.8 Å². The van der Waals surface area contributed by atoms with Crippen molar-refractivity contribution >= 4 is 44.7 Å². The highest BCUT2D eigenvalue weighted by Gasteiger charge is 2.31. The number of amides is 1. The SMILES string of the molecule is O=C(Nc1cc(C(F)(F)F)ccc1Cl)c1cc2sccc2n1C1CCCC1. The molecule has 3 aromatic rings. The first-order valence-electron chi connectivity index (χ1n) is 8.61. The molecule has 1 fully saturated rings. The summed E-state index contributed by atoms with van der Waals surface area (Å²) in [5.74, 6) is -0.452. The Kier molecular flexibility index (Phi) is 4.68. The molecular weight excluding hydrogens is 397 g/mol. The van der Waals surface area contributed by atoms with E-state index >= 15 is 0 Å². The molecule has 27 heavy (non-hydrogen) atoms. The van der Waals surface area contributed by atoms with E-state index in [9.17, 15) is 18.0 Å². The van der Waals surface area contributed by atoms with Crippen molar-refractivity contribution < 1.29 is 18.0 Å². The van der Waals surface area contributed by atoms with Gasteiger partial charge in [0.05, 0.1) is 26.5 Å². The fraction of sp³-hybridized carbons (Fsp3) is 0.316. The van der Waals surface area contributed by atoms with Crippen LogP contribution in [0, 0.1) is 0 Å². The van der Waals surface area contributed by atoms with Crippen molar-refractivity contribution in [1.29, 1.82) is 0 Å². The van der Waals surface area contributed by atoms with Crippen molar-refractivity contribution in [2.24, 2.45) is 0 Å². The fourth-order valence-electron chi connectivity index (χ4n) is 3.66. The van der Waals surface area contributed by atoms with E-state index in [1.807, 2.05) is 16.0 Å². The number of benzene rings is 1. The molecule has 4 rings (SSSR count). The molecule has 0 saturated heterocycles. The predicted molar refractivity (Wildman–Crippen MR) is 102 cm³/mol. The summed E-state index contributed by atoms with van der Waals surface area (Å²) in [4.78, 5) is 12.9. The molecule has 0 bridgehead atoms. The molecular formula is C19H16ClF3N2OS. The lowest BCUT2D eigenvalue weighted by atomic mass is 10.2. The summed E-state index contributed by atoms with van der Waals surface area (Å²) < 4.78 is 41.9. The zero-order valence-corrected chi connectivity index (χ0v) is 15.7. The molecule has 8 heteroatoms. The first kappa shape index (κ1) is 18.4. The van der Waals surface area contributed by atoms with Crippen LogP contribution in [-0.4, -0.2) is 10.5 Å². The number of alkyl halides is 3. The maximum Gasteiger partial charge on any atom is 0.416 e. The summed E-state index contributed by atoms with van der Waals surface area (Å²) in [5.41, 5.74) is 0.554. The van der Waals surface area contributed by atoms with Gasteiger partial charge in [-0.1, -0.05) is 24.4 Å². The highest BCUT2D eigenvalue weighted by Crippen LogP contribution is 2.38. The summed E-state index contributed by atoms with van der Waals surface area (Å²) in [6.07, 6.45) is -0.310. The third-order valence-corrected chi connectivity index (χ3v) is 6.11. The first-order valence-corrected chi connectivity index (χ1v) is 9.87. The van der Waals surface area contributed by atoms with Gasteiger partial charge in [-0.25, -0.2) is 0 Å². The Morgan fingerprint density at radius 2 is 1.93 bits per heavy atom. The van der Waals surface area contributed by atoms with Gasteiger partial charge in [-0.05, 0) is 48.6 Å². The van der Waals surface area contributed by atoms with E-state index in [2.05, 4.69) is 5.32 Å². The third-order valence-electron chi connectivity index (χ3n) is 4.92. The van der Waals surface area contributed by atoms with Crippen LogP contribution in [0.3, 0.4) is 0 Å². The van der Waals surface area contributed by atoms with Crippen LogP contribution >= 0.6 is 22.9 Å². The number of anilines is 1. The summed E-state index contributed by atoms with van der Waals surface area (Å²) in [7, 11) is 0. The molecule has 0 aliphatic heterocycles. The second kappa shape index (κ2) is 6.87. The lowest BCUT2D eigenvalue weighted by Gasteiger charge is -2.18. The number of hydrogen-bond acceptors (Lipinski definition) is 2. The summed E-state index contributed by atoms with van der Waals surface area (Å²) in [5, 5.41) is 4.61. The molecule has 1 saturated carbocycles. The smallest absolute Gasteiger partial charge is 0.333 e. The van der Waals surface area contributed by atoms with Crippen LogP contribution in [0.1, 0.15) is 47.8 Å². The zero-order valence-electron chi connectivity index (χ0n) is 14.1. The van der Waals surface area contributed by atoms with Crippen LogP contribution in [-0.2, 0) is 6.18 Å². The van der Waals surface area contributed by atoms with Gasteiger partial charge in [-0.15, -0.1) is 11.3 Å². The summed E-state index contributed by atoms with van der Waals surface area (Å²) in [6.45, 7) is 0. The van der Waals surface area contributed by atoms with Gasteiger partial charge in [0.2, 0.25) is 0 Å². The molecule has 142 valence electrons. The van der Waals surface area contributed by atoms with E-state index in [0.29, 0.717) is 5.69 Å². The minimum atomic E-state index is -4.50. The monoisotopic (exact) mass is 412 g/mol. The maximum absolute atomic E-state index is 13.0. The summed E-state index contributed by atoms with van der Waals surface area (Å²) in [6, 6.07) is 6.92. The first-order chi connectivity index (χ1) is 12.8. The van der Waals surface area contributed by atoms with Crippen LogP contribution in [0.15, 0.2) is 35.7 Å². The quantitative estimate of drug-likeness (QED) is 0.507. The van der Waals surface area contributed by atoms with Gasteiger partial charge in [0.1, 0.15) is 5.69 Å². The Balaban J connectivity index is 1.70. The molecule has 1 amide bonds. The lowest BCUT2D eigenvalue weighted by Crippen LogP contribution is -2.19. The van der Waals surface area contributed by atoms with Crippen LogP contribution in [0.25, 0.3) is 10.2 Å². The van der Waals surface area contributed by atoms with Gasteiger partial charge in [0.15, 0.2) is 0 Å². The molecule has 1 aliphatic rings. The van der Waals surface area contributed by atoms with Crippen molar-refractivity contribution in [2.75, 3.05) is 5.32 Å². The number of halogens is 4. The normalized spacial score (nSPS) is 15.6. The minimum Gasteiger partial charge on any atom is -0.333 e. The Morgan fingerprint density at radius 3 is 2.63 bits per heavy atom. The van der Waals surface area contributed by atoms with Crippen LogP contribution in [0.5, 0.6) is 0 Å². The van der Waals surface area contributed by atoms with Gasteiger partial charge in [0, 0.05) is 6.04 Å². The Labute approximate surface area is 162 Å². The highest BCUT2D eigenvalue weighted by atomic mass is 35.5. The third kappa shape index (κ3) is 3.46. The second-order valence-electron chi connectivity index (χ2n) is 6.65. The molecule has 1 N–H and O–H groups in total. The average Bonchev–Trinajstić information content (AvgIpc) is 3.31. The predicted octanol–water partition coefficient (Wildman–Crippen LogP) is 6.74. The number of fused-ring (bicyclic) bond motifs is 1. The van der Waals surface area contributed by atoms with Crippen LogP contribution in [0.4, 0.5) is 18.9 Å². The van der Waals surface area contributed by atoms with Gasteiger partial charge in [-0.3, -0.25) is 4.79 Å². The highest BCUT2D eigenvalue weighted by molar-refractivity contribution is 7.17. The molecule has 0 spiro atoms. The molecule has 1 aliphatic carbocycles. The van der Waals surface area contributed by atoms with Gasteiger partial charge >= 0.3 is 6.18 Å². The Bertz CT molecular complexity index is 1000. The van der Waals surface area contributed by atoms with Crippen molar-refractivity contribution in [3.05, 3.63) is 52.0 Å². The molecule has 2 heterocycles. The molecule has 3 nitrogen and oxygen atoms in total. The van der Waals surface area contributed by atoms with Gasteiger partial charge in [-0.2, -0.15) is 13.2 Å². The van der Waals surface area contributed by atoms with Crippen molar-refractivity contribution in [1.82, 2.24) is 4.57 Å². The molecule has 0 unspecified atom stereocenters. The van der Waals surface area contributed by atoms with Crippen LogP contribution < -0.4 is 5.32 Å². The topological polar surface area (TPSA) is 34.0 Å². The minimum absolute atomic E-state index is 0.0426. The van der Waals surface area contributed by atoms with Crippen molar-refractivity contribution in [3.63, 3.8) is 0 Å². The lowest BCUT2D eigenvalue weighted by molar-refractivity contribution is -0.137. The van der Waals surface area contributed by atoms with E-state index in [1.165, 1.54) is 11.3 Å². The number of nitrogens with one attached hydrogen (secondary N) is 1. The molecule has 1 aromatic carbocycles. The fourth-order valence-corrected chi connectivity index (χ4v) is 4.63. The van der Waals surface area contributed by atoms with Gasteiger partial charge < -0.3 is 9.88 Å². The average molecular weight is 413 g/mol. The van der Waals surface area contributed by atoms with Gasteiger partial charge in [0.25, 0.3) is 5.91 Å². The molecule has 0 radical (unpaired) electrons. The number of rotatable bonds is 3. The van der Waals surface area contributed by atoms with E-state index in [0.717, 1.165) is 54.1 Å². The summed E-state index contributed by atoms with van der Waals surface area (Å²) >= 11 is 7.55. The Hall–Kier alpha value is -1.99. The number of aromatic nitrogens is 1. The number of hydrogen-bond donors (Lipinski definition) is 1. The van der Waals surface area contributed by atoms with E-state index in [4.69, 9.17) is 11.6 Å². The van der Waals surface area contributed by atoms with E-state index in [1.54, 1.807) is 6.07 Å². The number of nitrogens with zero attached hydrogens (tertiary/aromatic N) is 1. The zero-order chi connectivity index (χ0) is 19.2. The number of thiophene rings is 1. The van der Waals surface area contributed by atoms with E-state index < -0.39 is 17.6 Å². The van der Waals surface area contributed by atoms with Crippen LogP contribution in [0.2, 0.25) is 5.02 Å². The van der Waals surface area contributed by atoms with Crippen molar-refractivity contribution in [2.45, 2.75) is 37.9 Å². The second-order valence-corrected chi connectivity index (χ2v) is 8.01. The number of carbonyl (C=O) groups is 1. The standard InChI is InChI=1S/C19H16ClF3N2OS/c20-13-6-5-11(19(21,22)23)9-14(13)24-18(26)16-10-17-15(7-8-27-17)25(16)12-3-1-2-4-12/h5-10,12H,1-4H2,(H,24,26). The largest absolute Gasteiger partial charge is 0.416 e. The maximum atomic E-state index is 13.0. The van der Waals surface area contributed by atoms with Crippen molar-refractivity contribution in [3.8, 4) is 0 Å².